The van der Waals surface area contributed by atoms with Crippen molar-refractivity contribution < 1.29 is 9.72 Å². The number of carbonyl (C=O) groups excluding carboxylic acids is 1. The topological polar surface area (TPSA) is 98.3 Å². The lowest BCUT2D eigenvalue weighted by molar-refractivity contribution is -0.383. The van der Waals surface area contributed by atoms with E-state index in [0.717, 1.165) is 25.7 Å². The molecule has 7 heteroatoms. The number of nitro benzene ring substituents is 1. The second kappa shape index (κ2) is 6.80. The normalized spacial score (nSPS) is 21.8. The second-order valence-electron chi connectivity index (χ2n) is 5.18. The van der Waals surface area contributed by atoms with E-state index >= 15 is 0 Å². The molecular weight excluding hydrogens is 290 g/mol. The number of nitrogens with zero attached hydrogens (tertiary/aromatic N) is 1. The molecule has 0 unspecified atom stereocenters. The molecule has 2 rings (SSSR count). The SMILES string of the molecule is CSC1CCC(NC(=O)c2cccc([N+](=O)[O-])c2N)CC1. The Balaban J connectivity index is 2.04. The van der Waals surface area contributed by atoms with Crippen LogP contribution in [0.5, 0.6) is 0 Å². The number of nitro groups is 1. The van der Waals surface area contributed by atoms with Crippen LogP contribution in [0.15, 0.2) is 18.2 Å². The Kier molecular flexibility index (Phi) is 5.06. The van der Waals surface area contributed by atoms with Gasteiger partial charge in [0.2, 0.25) is 0 Å². The Hall–Kier alpha value is -1.76. The van der Waals surface area contributed by atoms with Crippen LogP contribution in [0.2, 0.25) is 0 Å². The minimum absolute atomic E-state index is 0.0715. The lowest BCUT2D eigenvalue weighted by Gasteiger charge is -2.28. The molecule has 6 nitrogen and oxygen atoms in total. The molecule has 0 aliphatic heterocycles. The number of anilines is 1. The average Bonchev–Trinajstić information content (AvgIpc) is 2.47. The summed E-state index contributed by atoms with van der Waals surface area (Å²) in [5, 5.41) is 14.5. The molecule has 1 saturated carbocycles. The monoisotopic (exact) mass is 309 g/mol. The summed E-state index contributed by atoms with van der Waals surface area (Å²) in [6.45, 7) is 0. The number of nitrogens with two attached hydrogens (primary N) is 1. The largest absolute Gasteiger partial charge is 0.393 e. The highest BCUT2D eigenvalue weighted by atomic mass is 32.2. The third-order valence-corrected chi connectivity index (χ3v) is 5.01. The Morgan fingerprint density at radius 1 is 1.38 bits per heavy atom. The summed E-state index contributed by atoms with van der Waals surface area (Å²) >= 11 is 1.86. The molecule has 1 aromatic carbocycles. The van der Waals surface area contributed by atoms with Crippen molar-refractivity contribution in [2.75, 3.05) is 12.0 Å². The van der Waals surface area contributed by atoms with Crippen LogP contribution in [0.3, 0.4) is 0 Å². The molecule has 0 aromatic heterocycles. The number of benzene rings is 1. The summed E-state index contributed by atoms with van der Waals surface area (Å²) in [4.78, 5) is 22.5. The number of thioether (sulfide) groups is 1. The van der Waals surface area contributed by atoms with E-state index in [1.807, 2.05) is 11.8 Å². The van der Waals surface area contributed by atoms with Crippen LogP contribution < -0.4 is 11.1 Å². The number of amides is 1. The zero-order chi connectivity index (χ0) is 15.4. The number of carbonyl (C=O) groups is 1. The maximum Gasteiger partial charge on any atom is 0.292 e. The highest BCUT2D eigenvalue weighted by Gasteiger charge is 2.24. The van der Waals surface area contributed by atoms with E-state index in [2.05, 4.69) is 11.6 Å². The first-order valence-corrected chi connectivity index (χ1v) is 8.18. The molecular formula is C14H19N3O3S. The fourth-order valence-electron chi connectivity index (χ4n) is 2.62. The smallest absolute Gasteiger partial charge is 0.292 e. The predicted octanol–water partition coefficient (Wildman–Crippen LogP) is 2.58. The van der Waals surface area contributed by atoms with Crippen LogP contribution in [-0.2, 0) is 0 Å². The van der Waals surface area contributed by atoms with Crippen molar-refractivity contribution in [2.24, 2.45) is 0 Å². The molecule has 21 heavy (non-hydrogen) atoms. The van der Waals surface area contributed by atoms with Gasteiger partial charge in [-0.1, -0.05) is 6.07 Å². The summed E-state index contributed by atoms with van der Waals surface area (Å²) in [6.07, 6.45) is 6.14. The van der Waals surface area contributed by atoms with Gasteiger partial charge in [-0.05, 0) is 38.0 Å². The summed E-state index contributed by atoms with van der Waals surface area (Å²) in [5.74, 6) is -0.330. The number of para-hydroxylation sites is 1. The minimum atomic E-state index is -0.574. The van der Waals surface area contributed by atoms with Gasteiger partial charge in [0, 0.05) is 17.4 Å². The van der Waals surface area contributed by atoms with Crippen molar-refractivity contribution >= 4 is 29.0 Å². The Bertz CT molecular complexity index is 542. The van der Waals surface area contributed by atoms with Gasteiger partial charge in [-0.3, -0.25) is 14.9 Å². The molecule has 0 atom stereocenters. The van der Waals surface area contributed by atoms with E-state index in [4.69, 9.17) is 5.73 Å². The van der Waals surface area contributed by atoms with E-state index in [-0.39, 0.29) is 28.9 Å². The molecule has 1 aromatic rings. The number of nitrogens with one attached hydrogen (secondary N) is 1. The maximum atomic E-state index is 12.2. The second-order valence-corrected chi connectivity index (χ2v) is 6.32. The summed E-state index contributed by atoms with van der Waals surface area (Å²) in [6, 6.07) is 4.43. The van der Waals surface area contributed by atoms with Crippen molar-refractivity contribution in [1.29, 1.82) is 0 Å². The number of nitrogen functional groups attached to an aromatic ring is 1. The summed E-state index contributed by atoms with van der Waals surface area (Å²) in [7, 11) is 0. The standard InChI is InChI=1S/C14H19N3O3S/c1-21-10-7-5-9(6-8-10)16-14(18)11-3-2-4-12(13(11)15)17(19)20/h2-4,9-10H,5-8,15H2,1H3,(H,16,18). The van der Waals surface area contributed by atoms with Crippen molar-refractivity contribution in [3.8, 4) is 0 Å². The molecule has 1 amide bonds. The molecule has 0 radical (unpaired) electrons. The van der Waals surface area contributed by atoms with Crippen LogP contribution in [0.25, 0.3) is 0 Å². The van der Waals surface area contributed by atoms with Crippen molar-refractivity contribution in [3.05, 3.63) is 33.9 Å². The molecule has 0 heterocycles. The molecule has 1 fully saturated rings. The number of rotatable bonds is 4. The maximum absolute atomic E-state index is 12.2. The summed E-state index contributed by atoms with van der Waals surface area (Å²) in [5.41, 5.74) is 5.61. The van der Waals surface area contributed by atoms with Crippen molar-refractivity contribution in [2.45, 2.75) is 37.0 Å². The molecule has 3 N–H and O–H groups in total. The third kappa shape index (κ3) is 3.66. The van der Waals surface area contributed by atoms with E-state index in [1.165, 1.54) is 18.2 Å². The molecule has 1 aliphatic rings. The van der Waals surface area contributed by atoms with Gasteiger partial charge in [-0.2, -0.15) is 11.8 Å². The van der Waals surface area contributed by atoms with Crippen LogP contribution in [-0.4, -0.2) is 28.4 Å². The van der Waals surface area contributed by atoms with Gasteiger partial charge in [0.15, 0.2) is 0 Å². The zero-order valence-electron chi connectivity index (χ0n) is 11.9. The number of hydrogen-bond donors (Lipinski definition) is 2. The quantitative estimate of drug-likeness (QED) is 0.506. The van der Waals surface area contributed by atoms with Crippen molar-refractivity contribution in [1.82, 2.24) is 5.32 Å². The Morgan fingerprint density at radius 3 is 2.62 bits per heavy atom. The fraction of sp³-hybridized carbons (Fsp3) is 0.500. The fourth-order valence-corrected chi connectivity index (χ4v) is 3.36. The van der Waals surface area contributed by atoms with Gasteiger partial charge in [-0.25, -0.2) is 0 Å². The first-order valence-electron chi connectivity index (χ1n) is 6.89. The van der Waals surface area contributed by atoms with Crippen LogP contribution in [0.1, 0.15) is 36.0 Å². The van der Waals surface area contributed by atoms with Crippen LogP contribution in [0.4, 0.5) is 11.4 Å². The van der Waals surface area contributed by atoms with Crippen molar-refractivity contribution in [3.63, 3.8) is 0 Å². The van der Waals surface area contributed by atoms with Crippen LogP contribution >= 0.6 is 11.8 Å². The van der Waals surface area contributed by atoms with E-state index < -0.39 is 4.92 Å². The van der Waals surface area contributed by atoms with Gasteiger partial charge >= 0.3 is 0 Å². The van der Waals surface area contributed by atoms with Gasteiger partial charge in [0.1, 0.15) is 5.69 Å². The zero-order valence-corrected chi connectivity index (χ0v) is 12.7. The van der Waals surface area contributed by atoms with Gasteiger partial charge in [0.05, 0.1) is 10.5 Å². The average molecular weight is 309 g/mol. The molecule has 0 spiro atoms. The first-order chi connectivity index (χ1) is 10.0. The predicted molar refractivity (Wildman–Crippen MR) is 84.5 cm³/mol. The lowest BCUT2D eigenvalue weighted by Crippen LogP contribution is -2.38. The molecule has 1 aliphatic carbocycles. The first kappa shape index (κ1) is 15.6. The highest BCUT2D eigenvalue weighted by Crippen LogP contribution is 2.28. The van der Waals surface area contributed by atoms with Gasteiger partial charge < -0.3 is 11.1 Å². The van der Waals surface area contributed by atoms with E-state index in [1.54, 1.807) is 0 Å². The number of hydrogen-bond acceptors (Lipinski definition) is 5. The lowest BCUT2D eigenvalue weighted by atomic mass is 9.94. The Labute approximate surface area is 127 Å². The van der Waals surface area contributed by atoms with Gasteiger partial charge in [-0.15, -0.1) is 0 Å². The van der Waals surface area contributed by atoms with E-state index in [0.29, 0.717) is 5.25 Å². The summed E-state index contributed by atoms with van der Waals surface area (Å²) < 4.78 is 0. The van der Waals surface area contributed by atoms with Crippen LogP contribution in [0, 0.1) is 10.1 Å². The van der Waals surface area contributed by atoms with Gasteiger partial charge in [0.25, 0.3) is 11.6 Å². The molecule has 0 saturated heterocycles. The Morgan fingerprint density at radius 2 is 2.05 bits per heavy atom. The third-order valence-electron chi connectivity index (χ3n) is 3.87. The minimum Gasteiger partial charge on any atom is -0.393 e. The molecule has 0 bridgehead atoms. The highest BCUT2D eigenvalue weighted by molar-refractivity contribution is 7.99. The molecule has 114 valence electrons. The van der Waals surface area contributed by atoms with E-state index in [9.17, 15) is 14.9 Å².